The summed E-state index contributed by atoms with van der Waals surface area (Å²) in [6.07, 6.45) is 0. The minimum Gasteiger partial charge on any atom is -0.378 e. The summed E-state index contributed by atoms with van der Waals surface area (Å²) >= 11 is 5.72. The highest BCUT2D eigenvalue weighted by Gasteiger charge is 2.23. The summed E-state index contributed by atoms with van der Waals surface area (Å²) in [5.41, 5.74) is 0.149. The van der Waals surface area contributed by atoms with Crippen LogP contribution in [0, 0.1) is 11.6 Å². The molecule has 1 atom stereocenters. The smallest absolute Gasteiger partial charge is 0.142 e. The van der Waals surface area contributed by atoms with Crippen molar-refractivity contribution in [2.75, 3.05) is 19.8 Å². The Balaban J connectivity index is 0.00000128. The van der Waals surface area contributed by atoms with Crippen molar-refractivity contribution in [2.45, 2.75) is 6.04 Å². The van der Waals surface area contributed by atoms with E-state index in [9.17, 15) is 8.78 Å². The van der Waals surface area contributed by atoms with Gasteiger partial charge in [0.05, 0.1) is 24.3 Å². The van der Waals surface area contributed by atoms with Gasteiger partial charge in [0.2, 0.25) is 0 Å². The summed E-state index contributed by atoms with van der Waals surface area (Å²) in [5.74, 6) is -1.12. The van der Waals surface area contributed by atoms with Crippen LogP contribution in [-0.2, 0) is 4.74 Å². The lowest BCUT2D eigenvalue weighted by Crippen LogP contribution is -2.35. The molecule has 1 heterocycles. The van der Waals surface area contributed by atoms with E-state index in [0.717, 1.165) is 12.1 Å². The average Bonchev–Trinajstić information content (AvgIpc) is 2.26. The molecule has 1 fully saturated rings. The highest BCUT2D eigenvalue weighted by atomic mass is 35.5. The molecule has 0 unspecified atom stereocenters. The monoisotopic (exact) mass is 269 g/mol. The van der Waals surface area contributed by atoms with Gasteiger partial charge in [-0.25, -0.2) is 8.78 Å². The van der Waals surface area contributed by atoms with Crippen LogP contribution in [0.2, 0.25) is 5.02 Å². The summed E-state index contributed by atoms with van der Waals surface area (Å²) < 4.78 is 31.8. The molecule has 1 aliphatic heterocycles. The zero-order chi connectivity index (χ0) is 10.8. The summed E-state index contributed by atoms with van der Waals surface area (Å²) in [5, 5.41) is 2.86. The van der Waals surface area contributed by atoms with Crippen molar-refractivity contribution >= 4 is 24.0 Å². The Morgan fingerprint density at radius 3 is 2.62 bits per heavy atom. The first-order valence-corrected chi connectivity index (χ1v) is 5.02. The largest absolute Gasteiger partial charge is 0.378 e. The first-order chi connectivity index (χ1) is 7.20. The molecule has 1 saturated heterocycles. The lowest BCUT2D eigenvalue weighted by atomic mass is 10.1. The van der Waals surface area contributed by atoms with Gasteiger partial charge in [-0.3, -0.25) is 0 Å². The number of benzene rings is 1. The molecule has 0 bridgehead atoms. The van der Waals surface area contributed by atoms with E-state index in [4.69, 9.17) is 16.3 Å². The fraction of sp³-hybridized carbons (Fsp3) is 0.400. The van der Waals surface area contributed by atoms with Crippen LogP contribution in [-0.4, -0.2) is 19.8 Å². The molecule has 1 N–H and O–H groups in total. The molecule has 0 spiro atoms. The number of nitrogens with one attached hydrogen (secondary N) is 1. The third-order valence-corrected chi connectivity index (χ3v) is 2.73. The van der Waals surface area contributed by atoms with Gasteiger partial charge in [0.15, 0.2) is 0 Å². The minimum atomic E-state index is -0.611. The fourth-order valence-electron chi connectivity index (χ4n) is 1.61. The first kappa shape index (κ1) is 13.6. The van der Waals surface area contributed by atoms with Gasteiger partial charge in [0, 0.05) is 12.1 Å². The maximum atomic E-state index is 13.5. The van der Waals surface area contributed by atoms with Crippen molar-refractivity contribution in [1.82, 2.24) is 5.32 Å². The van der Waals surface area contributed by atoms with Crippen LogP contribution in [0.25, 0.3) is 0 Å². The van der Waals surface area contributed by atoms with E-state index in [0.29, 0.717) is 19.8 Å². The maximum absolute atomic E-state index is 13.5. The van der Waals surface area contributed by atoms with E-state index in [1.54, 1.807) is 0 Å². The van der Waals surface area contributed by atoms with Crippen molar-refractivity contribution in [3.63, 3.8) is 0 Å². The second-order valence-corrected chi connectivity index (χ2v) is 3.72. The molecular formula is C10H11Cl2F2NO. The van der Waals surface area contributed by atoms with Crippen LogP contribution < -0.4 is 5.32 Å². The highest BCUT2D eigenvalue weighted by Crippen LogP contribution is 2.29. The van der Waals surface area contributed by atoms with Gasteiger partial charge in [-0.15, -0.1) is 12.4 Å². The topological polar surface area (TPSA) is 21.3 Å². The minimum absolute atomic E-state index is 0. The molecular weight excluding hydrogens is 259 g/mol. The van der Waals surface area contributed by atoms with E-state index in [2.05, 4.69) is 5.32 Å². The van der Waals surface area contributed by atoms with Crippen LogP contribution in [0.5, 0.6) is 0 Å². The Morgan fingerprint density at radius 1 is 1.31 bits per heavy atom. The second-order valence-electron chi connectivity index (χ2n) is 3.34. The molecule has 90 valence electrons. The maximum Gasteiger partial charge on any atom is 0.142 e. The normalized spacial score (nSPS) is 20.3. The summed E-state index contributed by atoms with van der Waals surface area (Å²) in [6, 6.07) is 1.72. The summed E-state index contributed by atoms with van der Waals surface area (Å²) in [4.78, 5) is 0. The van der Waals surface area contributed by atoms with E-state index < -0.39 is 11.6 Å². The van der Waals surface area contributed by atoms with Gasteiger partial charge >= 0.3 is 0 Å². The second kappa shape index (κ2) is 5.77. The molecule has 2 rings (SSSR count). The zero-order valence-corrected chi connectivity index (χ0v) is 9.88. The van der Waals surface area contributed by atoms with Crippen molar-refractivity contribution in [2.24, 2.45) is 0 Å². The summed E-state index contributed by atoms with van der Waals surface area (Å²) in [7, 11) is 0. The third kappa shape index (κ3) is 2.63. The molecule has 0 aromatic heterocycles. The van der Waals surface area contributed by atoms with E-state index in [1.807, 2.05) is 0 Å². The molecule has 2 nitrogen and oxygen atoms in total. The van der Waals surface area contributed by atoms with Crippen LogP contribution in [0.15, 0.2) is 12.1 Å². The van der Waals surface area contributed by atoms with Crippen molar-refractivity contribution in [1.29, 1.82) is 0 Å². The van der Waals surface area contributed by atoms with Crippen molar-refractivity contribution < 1.29 is 13.5 Å². The van der Waals surface area contributed by atoms with E-state index >= 15 is 0 Å². The van der Waals surface area contributed by atoms with Gasteiger partial charge in [-0.1, -0.05) is 11.6 Å². The SMILES string of the molecule is Cl.Fc1ccc(F)c([C@@H]2COCCN2)c1Cl. The molecule has 0 amide bonds. The number of halogens is 4. The molecule has 1 aromatic carbocycles. The fourth-order valence-corrected chi connectivity index (χ4v) is 1.90. The molecule has 0 radical (unpaired) electrons. The number of ether oxygens (including phenoxy) is 1. The van der Waals surface area contributed by atoms with Crippen LogP contribution in [0.4, 0.5) is 8.78 Å². The van der Waals surface area contributed by atoms with Crippen LogP contribution in [0.3, 0.4) is 0 Å². The van der Waals surface area contributed by atoms with Crippen LogP contribution in [0.1, 0.15) is 11.6 Å². The van der Waals surface area contributed by atoms with Gasteiger partial charge in [0.25, 0.3) is 0 Å². The molecule has 0 saturated carbocycles. The number of hydrogen-bond acceptors (Lipinski definition) is 2. The number of rotatable bonds is 1. The third-order valence-electron chi connectivity index (χ3n) is 2.35. The Bertz CT molecular complexity index is 370. The van der Waals surface area contributed by atoms with Gasteiger partial charge in [0.1, 0.15) is 11.6 Å². The lowest BCUT2D eigenvalue weighted by molar-refractivity contribution is 0.0757. The molecule has 16 heavy (non-hydrogen) atoms. The van der Waals surface area contributed by atoms with Gasteiger partial charge in [-0.05, 0) is 12.1 Å². The average molecular weight is 270 g/mol. The van der Waals surface area contributed by atoms with Crippen molar-refractivity contribution in [3.8, 4) is 0 Å². The van der Waals surface area contributed by atoms with Gasteiger partial charge < -0.3 is 10.1 Å². The first-order valence-electron chi connectivity index (χ1n) is 4.64. The number of hydrogen-bond donors (Lipinski definition) is 1. The lowest BCUT2D eigenvalue weighted by Gasteiger charge is -2.25. The molecule has 6 heteroatoms. The highest BCUT2D eigenvalue weighted by molar-refractivity contribution is 6.31. The Kier molecular flexibility index (Phi) is 4.92. The standard InChI is InChI=1S/C10H10ClF2NO.ClH/c11-10-7(13)2-1-6(12)9(10)8-5-15-4-3-14-8;/h1-2,8,14H,3-5H2;1H/t8-;/m0./s1. The van der Waals surface area contributed by atoms with Gasteiger partial charge in [-0.2, -0.15) is 0 Å². The van der Waals surface area contributed by atoms with E-state index in [-0.39, 0.29) is 29.0 Å². The summed E-state index contributed by atoms with van der Waals surface area (Å²) in [6.45, 7) is 1.49. The Morgan fingerprint density at radius 2 is 2.00 bits per heavy atom. The molecule has 1 aromatic rings. The molecule has 1 aliphatic rings. The van der Waals surface area contributed by atoms with Crippen molar-refractivity contribution in [3.05, 3.63) is 34.4 Å². The Hall–Kier alpha value is -0.420. The zero-order valence-electron chi connectivity index (χ0n) is 8.30. The Labute approximate surface area is 103 Å². The molecule has 0 aliphatic carbocycles. The predicted octanol–water partition coefficient (Wildman–Crippen LogP) is 2.70. The predicted molar refractivity (Wildman–Crippen MR) is 60.2 cm³/mol. The van der Waals surface area contributed by atoms with E-state index in [1.165, 1.54) is 0 Å². The quantitative estimate of drug-likeness (QED) is 0.792. The number of morpholine rings is 1. The van der Waals surface area contributed by atoms with Crippen LogP contribution >= 0.6 is 24.0 Å².